The predicted octanol–water partition coefficient (Wildman–Crippen LogP) is 3.25. The summed E-state index contributed by atoms with van der Waals surface area (Å²) in [5, 5.41) is 3.55. The van der Waals surface area contributed by atoms with Crippen LogP contribution in [-0.4, -0.2) is 31.8 Å². The first-order chi connectivity index (χ1) is 9.54. The Balaban J connectivity index is 1.96. The molecule has 0 aliphatic carbocycles. The molecule has 20 heavy (non-hydrogen) atoms. The number of anilines is 1. The number of nitrogens with one attached hydrogen (secondary N) is 1. The van der Waals surface area contributed by atoms with Gasteiger partial charge in [-0.3, -0.25) is 0 Å². The third kappa shape index (κ3) is 4.34. The number of ether oxygens (including phenoxy) is 1. The Morgan fingerprint density at radius 1 is 1.25 bits per heavy atom. The maximum Gasteiger partial charge on any atom is 0.387 e. The lowest BCUT2D eigenvalue weighted by Gasteiger charge is -2.35. The molecule has 1 N–H and O–H groups in total. The van der Waals surface area contributed by atoms with E-state index in [0.717, 1.165) is 25.2 Å². The lowest BCUT2D eigenvalue weighted by atomic mass is 10.0. The van der Waals surface area contributed by atoms with E-state index in [1.54, 1.807) is 12.1 Å². The molecule has 0 radical (unpaired) electrons. The van der Waals surface area contributed by atoms with Crippen molar-refractivity contribution in [1.29, 1.82) is 0 Å². The highest BCUT2D eigenvalue weighted by Crippen LogP contribution is 2.23. The zero-order valence-corrected chi connectivity index (χ0v) is 12.0. The smallest absolute Gasteiger partial charge is 0.387 e. The number of nitrogens with zero attached hydrogens (tertiary/aromatic N) is 1. The fraction of sp³-hybridized carbons (Fsp3) is 0.600. The van der Waals surface area contributed by atoms with Crippen LogP contribution in [0.4, 0.5) is 14.5 Å². The average molecular weight is 284 g/mol. The number of rotatable bonds is 5. The van der Waals surface area contributed by atoms with Crippen LogP contribution in [0.15, 0.2) is 24.3 Å². The molecule has 1 aromatic rings. The van der Waals surface area contributed by atoms with Crippen molar-refractivity contribution in [3.8, 4) is 5.75 Å². The molecule has 0 aromatic heterocycles. The summed E-state index contributed by atoms with van der Waals surface area (Å²) in [5.41, 5.74) is 1.06. The minimum Gasteiger partial charge on any atom is -0.435 e. The number of halogens is 2. The van der Waals surface area contributed by atoms with Crippen LogP contribution < -0.4 is 15.0 Å². The Kier molecular flexibility index (Phi) is 5.17. The SMILES string of the molecule is CC(C)NC1CCCN(c2ccc(OC(F)F)cc2)C1. The number of hydrogen-bond acceptors (Lipinski definition) is 3. The largest absolute Gasteiger partial charge is 0.435 e. The van der Waals surface area contributed by atoms with Gasteiger partial charge in [-0.05, 0) is 37.1 Å². The minimum absolute atomic E-state index is 0.206. The molecule has 1 atom stereocenters. The maximum atomic E-state index is 12.1. The van der Waals surface area contributed by atoms with Crippen LogP contribution in [0.5, 0.6) is 5.75 Å². The van der Waals surface area contributed by atoms with Crippen LogP contribution in [0, 0.1) is 0 Å². The van der Waals surface area contributed by atoms with Crippen molar-refractivity contribution in [1.82, 2.24) is 5.32 Å². The van der Waals surface area contributed by atoms with E-state index in [9.17, 15) is 8.78 Å². The number of alkyl halides is 2. The van der Waals surface area contributed by atoms with Gasteiger partial charge in [-0.15, -0.1) is 0 Å². The molecule has 1 fully saturated rings. The van der Waals surface area contributed by atoms with Crippen molar-refractivity contribution in [3.05, 3.63) is 24.3 Å². The van der Waals surface area contributed by atoms with Crippen LogP contribution >= 0.6 is 0 Å². The van der Waals surface area contributed by atoms with Crippen molar-refractivity contribution in [2.75, 3.05) is 18.0 Å². The van der Waals surface area contributed by atoms with Gasteiger partial charge in [0.1, 0.15) is 5.75 Å². The second-order valence-electron chi connectivity index (χ2n) is 5.48. The molecule has 5 heteroatoms. The molecule has 0 spiro atoms. The van der Waals surface area contributed by atoms with E-state index in [0.29, 0.717) is 12.1 Å². The van der Waals surface area contributed by atoms with Crippen molar-refractivity contribution < 1.29 is 13.5 Å². The topological polar surface area (TPSA) is 24.5 Å². The molecular formula is C15H22F2N2O. The number of piperidine rings is 1. The van der Waals surface area contributed by atoms with E-state index in [1.807, 2.05) is 12.1 Å². The van der Waals surface area contributed by atoms with E-state index in [4.69, 9.17) is 0 Å². The molecule has 2 rings (SSSR count). The summed E-state index contributed by atoms with van der Waals surface area (Å²) in [6.45, 7) is 3.49. The van der Waals surface area contributed by atoms with Crippen LogP contribution in [-0.2, 0) is 0 Å². The Morgan fingerprint density at radius 2 is 1.95 bits per heavy atom. The Labute approximate surface area is 118 Å². The third-order valence-corrected chi connectivity index (χ3v) is 3.42. The van der Waals surface area contributed by atoms with Gasteiger partial charge < -0.3 is 15.0 Å². The monoisotopic (exact) mass is 284 g/mol. The van der Waals surface area contributed by atoms with Gasteiger partial charge in [-0.1, -0.05) is 13.8 Å². The summed E-state index contributed by atoms with van der Waals surface area (Å²) in [7, 11) is 0. The summed E-state index contributed by atoms with van der Waals surface area (Å²) in [4.78, 5) is 2.29. The summed E-state index contributed by atoms with van der Waals surface area (Å²) in [6.07, 6.45) is 2.32. The number of hydrogen-bond donors (Lipinski definition) is 1. The second kappa shape index (κ2) is 6.88. The van der Waals surface area contributed by atoms with Gasteiger partial charge in [-0.25, -0.2) is 0 Å². The summed E-state index contributed by atoms with van der Waals surface area (Å²) in [6, 6.07) is 7.84. The molecule has 112 valence electrons. The normalized spacial score (nSPS) is 19.7. The first-order valence-electron chi connectivity index (χ1n) is 7.10. The molecule has 3 nitrogen and oxygen atoms in total. The quantitative estimate of drug-likeness (QED) is 0.898. The molecule has 1 aromatic carbocycles. The Hall–Kier alpha value is -1.36. The minimum atomic E-state index is -2.77. The van der Waals surface area contributed by atoms with E-state index in [2.05, 4.69) is 28.8 Å². The van der Waals surface area contributed by atoms with Gasteiger partial charge >= 0.3 is 6.61 Å². The Morgan fingerprint density at radius 3 is 2.55 bits per heavy atom. The molecule has 1 saturated heterocycles. The first-order valence-corrected chi connectivity index (χ1v) is 7.10. The van der Waals surface area contributed by atoms with Crippen LogP contribution in [0.2, 0.25) is 0 Å². The second-order valence-corrected chi connectivity index (χ2v) is 5.48. The number of benzene rings is 1. The zero-order chi connectivity index (χ0) is 14.5. The lowest BCUT2D eigenvalue weighted by molar-refractivity contribution is -0.0498. The molecule has 0 saturated carbocycles. The van der Waals surface area contributed by atoms with Crippen molar-refractivity contribution in [2.24, 2.45) is 0 Å². The highest BCUT2D eigenvalue weighted by molar-refractivity contribution is 5.49. The molecule has 1 aliphatic rings. The van der Waals surface area contributed by atoms with E-state index < -0.39 is 6.61 Å². The fourth-order valence-corrected chi connectivity index (χ4v) is 2.66. The van der Waals surface area contributed by atoms with Crippen molar-refractivity contribution in [2.45, 2.75) is 45.4 Å². The standard InChI is InChI=1S/C15H22F2N2O/c1-11(2)18-12-4-3-9-19(10-12)13-5-7-14(8-6-13)20-15(16)17/h5-8,11-12,15,18H,3-4,9-10H2,1-2H3. The van der Waals surface area contributed by atoms with Crippen LogP contribution in [0.3, 0.4) is 0 Å². The van der Waals surface area contributed by atoms with E-state index in [-0.39, 0.29) is 5.75 Å². The van der Waals surface area contributed by atoms with Crippen molar-refractivity contribution >= 4 is 5.69 Å². The maximum absolute atomic E-state index is 12.1. The highest BCUT2D eigenvalue weighted by Gasteiger charge is 2.20. The molecule has 0 amide bonds. The summed E-state index contributed by atoms with van der Waals surface area (Å²) in [5.74, 6) is 0.206. The van der Waals surface area contributed by atoms with Crippen LogP contribution in [0.25, 0.3) is 0 Å². The summed E-state index contributed by atoms with van der Waals surface area (Å²) >= 11 is 0. The predicted molar refractivity (Wildman–Crippen MR) is 76.6 cm³/mol. The van der Waals surface area contributed by atoms with Gasteiger partial charge in [0.05, 0.1) is 0 Å². The lowest BCUT2D eigenvalue weighted by Crippen LogP contribution is -2.47. The van der Waals surface area contributed by atoms with Crippen molar-refractivity contribution in [3.63, 3.8) is 0 Å². The molecular weight excluding hydrogens is 262 g/mol. The van der Waals surface area contributed by atoms with Gasteiger partial charge in [0.25, 0.3) is 0 Å². The van der Waals surface area contributed by atoms with E-state index in [1.165, 1.54) is 6.42 Å². The highest BCUT2D eigenvalue weighted by atomic mass is 19.3. The van der Waals surface area contributed by atoms with Crippen LogP contribution in [0.1, 0.15) is 26.7 Å². The zero-order valence-electron chi connectivity index (χ0n) is 12.0. The first kappa shape index (κ1) is 15.0. The van der Waals surface area contributed by atoms with Gasteiger partial charge in [0, 0.05) is 30.9 Å². The van der Waals surface area contributed by atoms with Gasteiger partial charge in [-0.2, -0.15) is 8.78 Å². The molecule has 1 unspecified atom stereocenters. The fourth-order valence-electron chi connectivity index (χ4n) is 2.66. The molecule has 1 aliphatic heterocycles. The van der Waals surface area contributed by atoms with Gasteiger partial charge in [0.2, 0.25) is 0 Å². The third-order valence-electron chi connectivity index (χ3n) is 3.42. The molecule has 1 heterocycles. The average Bonchev–Trinajstić information content (AvgIpc) is 2.38. The van der Waals surface area contributed by atoms with E-state index >= 15 is 0 Å². The Bertz CT molecular complexity index is 409. The molecule has 0 bridgehead atoms. The summed E-state index contributed by atoms with van der Waals surface area (Å²) < 4.78 is 28.6. The van der Waals surface area contributed by atoms with Gasteiger partial charge in [0.15, 0.2) is 0 Å².